The molecule has 0 saturated heterocycles. The highest BCUT2D eigenvalue weighted by molar-refractivity contribution is 6.07. The molecule has 2 aromatic carbocycles. The van der Waals surface area contributed by atoms with Crippen LogP contribution >= 0.6 is 0 Å². The Hall–Kier alpha value is -3.68. The van der Waals surface area contributed by atoms with Crippen molar-refractivity contribution in [3.8, 4) is 0 Å². The predicted molar refractivity (Wildman–Crippen MR) is 116 cm³/mol. The van der Waals surface area contributed by atoms with Gasteiger partial charge in [-0.2, -0.15) is 0 Å². The first-order chi connectivity index (χ1) is 14.8. The normalized spacial score (nSPS) is 10.4. The van der Waals surface area contributed by atoms with E-state index in [2.05, 4.69) is 10.6 Å². The topological polar surface area (TPSA) is 111 Å². The summed E-state index contributed by atoms with van der Waals surface area (Å²) in [6.07, 6.45) is 1.45. The number of rotatable bonds is 8. The summed E-state index contributed by atoms with van der Waals surface area (Å²) in [5.41, 5.74) is 1.20. The molecule has 0 heterocycles. The zero-order valence-electron chi connectivity index (χ0n) is 18.0. The van der Waals surface area contributed by atoms with Crippen molar-refractivity contribution in [1.82, 2.24) is 0 Å². The lowest BCUT2D eigenvalue weighted by Crippen LogP contribution is -2.22. The molecule has 0 fully saturated rings. The van der Waals surface area contributed by atoms with Crippen molar-refractivity contribution in [1.29, 1.82) is 0 Å². The van der Waals surface area contributed by atoms with Gasteiger partial charge in [-0.15, -0.1) is 0 Å². The number of anilines is 2. The Morgan fingerprint density at radius 3 is 1.84 bits per heavy atom. The Morgan fingerprint density at radius 1 is 0.774 bits per heavy atom. The van der Waals surface area contributed by atoms with E-state index in [1.807, 2.05) is 13.8 Å². The third-order valence-corrected chi connectivity index (χ3v) is 4.78. The molecule has 0 saturated carbocycles. The van der Waals surface area contributed by atoms with Crippen LogP contribution < -0.4 is 10.6 Å². The number of nitrogens with one attached hydrogen (secondary N) is 2. The molecule has 8 heteroatoms. The van der Waals surface area contributed by atoms with Crippen LogP contribution in [-0.2, 0) is 14.3 Å². The Labute approximate surface area is 180 Å². The minimum absolute atomic E-state index is 0.0897. The molecule has 8 nitrogen and oxygen atoms in total. The van der Waals surface area contributed by atoms with Crippen LogP contribution in [0.2, 0.25) is 0 Å². The van der Waals surface area contributed by atoms with Crippen molar-refractivity contribution in [2.75, 3.05) is 24.9 Å². The molecule has 0 radical (unpaired) electrons. The number of hydrogen-bond acceptors (Lipinski definition) is 6. The monoisotopic (exact) mass is 426 g/mol. The fourth-order valence-corrected chi connectivity index (χ4v) is 3.02. The third kappa shape index (κ3) is 6.15. The van der Waals surface area contributed by atoms with Crippen LogP contribution in [0.4, 0.5) is 11.4 Å². The molecule has 2 aromatic rings. The van der Waals surface area contributed by atoms with Gasteiger partial charge in [-0.25, -0.2) is 9.59 Å². The number of amides is 2. The van der Waals surface area contributed by atoms with Gasteiger partial charge in [0.25, 0.3) is 5.91 Å². The Balaban J connectivity index is 2.26. The van der Waals surface area contributed by atoms with E-state index in [1.54, 1.807) is 24.3 Å². The summed E-state index contributed by atoms with van der Waals surface area (Å²) in [5, 5.41) is 5.48. The molecule has 164 valence electrons. The maximum Gasteiger partial charge on any atom is 0.337 e. The fourth-order valence-electron chi connectivity index (χ4n) is 3.02. The smallest absolute Gasteiger partial charge is 0.337 e. The number of carbonyl (C=O) groups is 4. The number of ether oxygens (including phenoxy) is 2. The van der Waals surface area contributed by atoms with Crippen molar-refractivity contribution in [2.45, 2.75) is 26.7 Å². The van der Waals surface area contributed by atoms with E-state index < -0.39 is 17.8 Å². The summed E-state index contributed by atoms with van der Waals surface area (Å²) in [7, 11) is 2.43. The first-order valence-electron chi connectivity index (χ1n) is 9.86. The molecule has 0 unspecified atom stereocenters. The van der Waals surface area contributed by atoms with Gasteiger partial charge in [0.2, 0.25) is 5.91 Å². The maximum atomic E-state index is 12.7. The molecule has 2 rings (SSSR count). The van der Waals surface area contributed by atoms with Crippen LogP contribution in [0.1, 0.15) is 57.8 Å². The number of carbonyl (C=O) groups excluding carboxylic acids is 4. The van der Waals surface area contributed by atoms with E-state index in [1.165, 1.54) is 32.4 Å². The highest BCUT2D eigenvalue weighted by Gasteiger charge is 2.17. The van der Waals surface area contributed by atoms with E-state index >= 15 is 0 Å². The molecule has 31 heavy (non-hydrogen) atoms. The van der Waals surface area contributed by atoms with Crippen molar-refractivity contribution < 1.29 is 28.7 Å². The van der Waals surface area contributed by atoms with Gasteiger partial charge in [0, 0.05) is 22.9 Å². The SMILES string of the molecule is CCC(CC)C(=O)Nc1cccc(C(=O)Nc2cc(C(=O)OC)cc(C(=O)OC)c2)c1. The quantitative estimate of drug-likeness (QED) is 0.620. The first kappa shape index (κ1) is 23.6. The lowest BCUT2D eigenvalue weighted by atomic mass is 10.0. The molecule has 0 atom stereocenters. The lowest BCUT2D eigenvalue weighted by Gasteiger charge is -2.14. The lowest BCUT2D eigenvalue weighted by molar-refractivity contribution is -0.120. The summed E-state index contributed by atoms with van der Waals surface area (Å²) in [6.45, 7) is 3.89. The van der Waals surface area contributed by atoms with Gasteiger partial charge in [-0.05, 0) is 49.2 Å². The van der Waals surface area contributed by atoms with E-state index in [9.17, 15) is 19.2 Å². The number of hydrogen-bond donors (Lipinski definition) is 2. The van der Waals surface area contributed by atoms with Gasteiger partial charge in [0.15, 0.2) is 0 Å². The molecular formula is C23H26N2O6. The highest BCUT2D eigenvalue weighted by Crippen LogP contribution is 2.20. The van der Waals surface area contributed by atoms with E-state index in [0.29, 0.717) is 11.3 Å². The predicted octanol–water partition coefficient (Wildman–Crippen LogP) is 3.89. The van der Waals surface area contributed by atoms with E-state index in [0.717, 1.165) is 12.8 Å². The van der Waals surface area contributed by atoms with Gasteiger partial charge in [-0.3, -0.25) is 9.59 Å². The second-order valence-corrected chi connectivity index (χ2v) is 6.82. The molecule has 0 aromatic heterocycles. The van der Waals surface area contributed by atoms with E-state index in [-0.39, 0.29) is 28.6 Å². The van der Waals surface area contributed by atoms with Crippen molar-refractivity contribution in [3.05, 3.63) is 59.2 Å². The van der Waals surface area contributed by atoms with Crippen LogP contribution in [0.25, 0.3) is 0 Å². The summed E-state index contributed by atoms with van der Waals surface area (Å²) < 4.78 is 9.39. The van der Waals surface area contributed by atoms with E-state index in [4.69, 9.17) is 9.47 Å². The fraction of sp³-hybridized carbons (Fsp3) is 0.304. The second-order valence-electron chi connectivity index (χ2n) is 6.82. The second kappa shape index (κ2) is 10.9. The molecule has 0 spiro atoms. The summed E-state index contributed by atoms with van der Waals surface area (Å²) in [5.74, 6) is -2.00. The Kier molecular flexibility index (Phi) is 8.31. The van der Waals surface area contributed by atoms with Crippen LogP contribution in [-0.4, -0.2) is 38.0 Å². The summed E-state index contributed by atoms with van der Waals surface area (Å²) >= 11 is 0. The Bertz CT molecular complexity index is 948. The van der Waals surface area contributed by atoms with Gasteiger partial charge < -0.3 is 20.1 Å². The minimum atomic E-state index is -0.660. The molecule has 0 bridgehead atoms. The van der Waals surface area contributed by atoms with Gasteiger partial charge in [0.1, 0.15) is 0 Å². The zero-order valence-corrected chi connectivity index (χ0v) is 18.0. The average Bonchev–Trinajstić information content (AvgIpc) is 2.78. The number of benzene rings is 2. The summed E-state index contributed by atoms with van der Waals surface area (Å²) in [6, 6.07) is 10.6. The molecule has 0 aliphatic heterocycles. The molecular weight excluding hydrogens is 400 g/mol. The first-order valence-corrected chi connectivity index (χ1v) is 9.86. The minimum Gasteiger partial charge on any atom is -0.465 e. The van der Waals surface area contributed by atoms with Crippen molar-refractivity contribution in [2.24, 2.45) is 5.92 Å². The molecule has 0 aliphatic rings. The maximum absolute atomic E-state index is 12.7. The van der Waals surface area contributed by atoms with Gasteiger partial charge in [0.05, 0.1) is 25.3 Å². The largest absolute Gasteiger partial charge is 0.465 e. The Morgan fingerprint density at radius 2 is 1.32 bits per heavy atom. The zero-order chi connectivity index (χ0) is 23.0. The molecule has 2 N–H and O–H groups in total. The van der Waals surface area contributed by atoms with Crippen LogP contribution in [0.5, 0.6) is 0 Å². The molecule has 2 amide bonds. The van der Waals surface area contributed by atoms with Gasteiger partial charge >= 0.3 is 11.9 Å². The third-order valence-electron chi connectivity index (χ3n) is 4.78. The van der Waals surface area contributed by atoms with Crippen LogP contribution in [0, 0.1) is 5.92 Å². The van der Waals surface area contributed by atoms with Crippen molar-refractivity contribution >= 4 is 35.1 Å². The molecule has 0 aliphatic carbocycles. The van der Waals surface area contributed by atoms with Crippen LogP contribution in [0.3, 0.4) is 0 Å². The average molecular weight is 426 g/mol. The van der Waals surface area contributed by atoms with Crippen molar-refractivity contribution in [3.63, 3.8) is 0 Å². The standard InChI is InChI=1S/C23H26N2O6/c1-5-14(6-2)20(26)24-18-9-7-8-15(11-18)21(27)25-19-12-16(22(28)30-3)10-17(13-19)23(29)31-4/h7-14H,5-6H2,1-4H3,(H,24,26)(H,25,27). The summed E-state index contributed by atoms with van der Waals surface area (Å²) in [4.78, 5) is 48.9. The van der Waals surface area contributed by atoms with Crippen LogP contribution in [0.15, 0.2) is 42.5 Å². The number of esters is 2. The number of methoxy groups -OCH3 is 2. The highest BCUT2D eigenvalue weighted by atomic mass is 16.5. The van der Waals surface area contributed by atoms with Gasteiger partial charge in [-0.1, -0.05) is 19.9 Å².